The monoisotopic (exact) mass is 441 g/mol. The van der Waals surface area contributed by atoms with E-state index < -0.39 is 0 Å². The van der Waals surface area contributed by atoms with Gasteiger partial charge in [0.25, 0.3) is 0 Å². The van der Waals surface area contributed by atoms with Crippen molar-refractivity contribution in [2.45, 2.75) is 12.8 Å². The molecule has 19 heavy (non-hydrogen) atoms. The van der Waals surface area contributed by atoms with Gasteiger partial charge in [-0.25, -0.2) is 0 Å². The van der Waals surface area contributed by atoms with Crippen LogP contribution in [-0.2, 0) is 0 Å². The molecule has 1 aliphatic heterocycles. The SMILES string of the molecule is OCC[N+]1(CCOc2ccccc2I)CCCC1.[Br-]. The Morgan fingerprint density at radius 2 is 1.84 bits per heavy atom. The summed E-state index contributed by atoms with van der Waals surface area (Å²) in [7, 11) is 0. The first kappa shape index (κ1) is 17.2. The maximum Gasteiger partial charge on any atom is 0.137 e. The number of quaternary nitrogens is 1. The van der Waals surface area contributed by atoms with Crippen molar-refractivity contribution in [3.8, 4) is 5.75 Å². The van der Waals surface area contributed by atoms with Gasteiger partial charge in [-0.3, -0.25) is 0 Å². The number of nitrogens with zero attached hydrogens (tertiary/aromatic N) is 1. The van der Waals surface area contributed by atoms with E-state index in [0.717, 1.165) is 33.5 Å². The van der Waals surface area contributed by atoms with E-state index in [9.17, 15) is 5.11 Å². The van der Waals surface area contributed by atoms with Crippen LogP contribution in [0.2, 0.25) is 0 Å². The third-order valence-corrected chi connectivity index (χ3v) is 4.64. The van der Waals surface area contributed by atoms with Gasteiger partial charge < -0.3 is 31.3 Å². The summed E-state index contributed by atoms with van der Waals surface area (Å²) in [6, 6.07) is 8.10. The molecule has 108 valence electrons. The van der Waals surface area contributed by atoms with Crippen LogP contribution in [-0.4, -0.2) is 49.0 Å². The highest BCUT2D eigenvalue weighted by atomic mass is 127. The average molecular weight is 442 g/mol. The number of halogens is 2. The van der Waals surface area contributed by atoms with Gasteiger partial charge in [0.2, 0.25) is 0 Å². The van der Waals surface area contributed by atoms with Gasteiger partial charge in [0, 0.05) is 12.8 Å². The predicted octanol–water partition coefficient (Wildman–Crippen LogP) is -0.723. The van der Waals surface area contributed by atoms with Crippen molar-refractivity contribution in [2.24, 2.45) is 0 Å². The Morgan fingerprint density at radius 3 is 2.47 bits per heavy atom. The molecule has 1 heterocycles. The van der Waals surface area contributed by atoms with Gasteiger partial charge in [-0.1, -0.05) is 12.1 Å². The number of para-hydroxylation sites is 1. The molecule has 1 N–H and O–H groups in total. The van der Waals surface area contributed by atoms with Crippen LogP contribution in [0.5, 0.6) is 5.75 Å². The molecule has 2 rings (SSSR count). The van der Waals surface area contributed by atoms with E-state index in [4.69, 9.17) is 4.74 Å². The van der Waals surface area contributed by atoms with Crippen LogP contribution in [0.4, 0.5) is 0 Å². The molecule has 0 amide bonds. The van der Waals surface area contributed by atoms with E-state index in [0.29, 0.717) is 0 Å². The molecule has 0 unspecified atom stereocenters. The zero-order valence-corrected chi connectivity index (χ0v) is 14.8. The first-order valence-electron chi connectivity index (χ1n) is 6.59. The topological polar surface area (TPSA) is 29.5 Å². The zero-order valence-electron chi connectivity index (χ0n) is 11.0. The molecule has 0 aliphatic carbocycles. The molecule has 0 atom stereocenters. The second-order valence-corrected chi connectivity index (χ2v) is 6.11. The van der Waals surface area contributed by atoms with Gasteiger partial charge in [0.05, 0.1) is 23.3 Å². The Labute approximate surface area is 139 Å². The molecule has 5 heteroatoms. The van der Waals surface area contributed by atoms with Crippen LogP contribution in [0.3, 0.4) is 0 Å². The molecule has 0 spiro atoms. The van der Waals surface area contributed by atoms with Gasteiger partial charge in [0.1, 0.15) is 25.4 Å². The molecule has 1 aromatic carbocycles. The Morgan fingerprint density at radius 1 is 1.16 bits per heavy atom. The smallest absolute Gasteiger partial charge is 0.137 e. The summed E-state index contributed by atoms with van der Waals surface area (Å²) in [4.78, 5) is 0. The number of likely N-dealkylation sites (tertiary alicyclic amines) is 1. The van der Waals surface area contributed by atoms with Gasteiger partial charge in [-0.05, 0) is 34.7 Å². The van der Waals surface area contributed by atoms with Crippen LogP contribution in [0.1, 0.15) is 12.8 Å². The minimum absolute atomic E-state index is 0. The number of aliphatic hydroxyl groups is 1. The summed E-state index contributed by atoms with van der Waals surface area (Å²) < 4.78 is 8.05. The van der Waals surface area contributed by atoms with Crippen molar-refractivity contribution >= 4 is 22.6 Å². The van der Waals surface area contributed by atoms with Crippen LogP contribution >= 0.6 is 22.6 Å². The van der Waals surface area contributed by atoms with Gasteiger partial charge >= 0.3 is 0 Å². The fourth-order valence-electron chi connectivity index (χ4n) is 2.69. The Hall–Kier alpha value is 0.150. The molecule has 1 aromatic rings. The minimum atomic E-state index is 0. The predicted molar refractivity (Wildman–Crippen MR) is 80.7 cm³/mol. The number of benzene rings is 1. The van der Waals surface area contributed by atoms with Crippen molar-refractivity contribution in [3.05, 3.63) is 27.8 Å². The van der Waals surface area contributed by atoms with Crippen LogP contribution in [0.25, 0.3) is 0 Å². The molecular formula is C14H21BrINO2. The summed E-state index contributed by atoms with van der Waals surface area (Å²) >= 11 is 2.30. The Kier molecular flexibility index (Phi) is 7.64. The molecule has 3 nitrogen and oxygen atoms in total. The van der Waals surface area contributed by atoms with Crippen LogP contribution in [0, 0.1) is 3.57 Å². The fourth-order valence-corrected chi connectivity index (χ4v) is 3.23. The molecule has 0 radical (unpaired) electrons. The highest BCUT2D eigenvalue weighted by molar-refractivity contribution is 14.1. The van der Waals surface area contributed by atoms with Gasteiger partial charge in [-0.2, -0.15) is 0 Å². The standard InChI is InChI=1S/C14H21INO2.BrH/c15-13-5-1-2-6-14(13)18-12-10-16(9-11-17)7-3-4-8-16;/h1-2,5-6,17H,3-4,7-12H2;1H/q+1;/p-1. The molecule has 1 fully saturated rings. The van der Waals surface area contributed by atoms with Crippen LogP contribution in [0.15, 0.2) is 24.3 Å². The van der Waals surface area contributed by atoms with Gasteiger partial charge in [-0.15, -0.1) is 0 Å². The second-order valence-electron chi connectivity index (χ2n) is 4.95. The first-order valence-corrected chi connectivity index (χ1v) is 7.67. The van der Waals surface area contributed by atoms with Crippen molar-refractivity contribution in [1.82, 2.24) is 0 Å². The van der Waals surface area contributed by atoms with E-state index in [2.05, 4.69) is 28.7 Å². The summed E-state index contributed by atoms with van der Waals surface area (Å²) in [6.07, 6.45) is 2.56. The van der Waals surface area contributed by atoms with Crippen molar-refractivity contribution in [1.29, 1.82) is 0 Å². The second kappa shape index (κ2) is 8.44. The van der Waals surface area contributed by atoms with Crippen LogP contribution < -0.4 is 21.7 Å². The number of aliphatic hydroxyl groups excluding tert-OH is 1. The average Bonchev–Trinajstić information content (AvgIpc) is 2.81. The normalized spacial score (nSPS) is 16.9. The molecular weight excluding hydrogens is 421 g/mol. The van der Waals surface area contributed by atoms with Crippen molar-refractivity contribution in [2.75, 3.05) is 39.4 Å². The maximum atomic E-state index is 9.19. The zero-order chi connectivity index (χ0) is 12.8. The maximum absolute atomic E-state index is 9.19. The van der Waals surface area contributed by atoms with E-state index in [1.54, 1.807) is 0 Å². The summed E-state index contributed by atoms with van der Waals surface area (Å²) in [5.74, 6) is 0.972. The lowest BCUT2D eigenvalue weighted by molar-refractivity contribution is -0.917. The third kappa shape index (κ3) is 4.88. The van der Waals surface area contributed by atoms with E-state index in [1.165, 1.54) is 25.9 Å². The molecule has 1 saturated heterocycles. The Balaban J connectivity index is 0.00000180. The number of hydrogen-bond acceptors (Lipinski definition) is 2. The molecule has 0 saturated carbocycles. The molecule has 0 aromatic heterocycles. The lowest BCUT2D eigenvalue weighted by Crippen LogP contribution is -3.00. The number of rotatable bonds is 6. The van der Waals surface area contributed by atoms with Gasteiger partial charge in [0.15, 0.2) is 0 Å². The minimum Gasteiger partial charge on any atom is -1.00 e. The highest BCUT2D eigenvalue weighted by Gasteiger charge is 2.31. The summed E-state index contributed by atoms with van der Waals surface area (Å²) in [6.45, 7) is 5.27. The largest absolute Gasteiger partial charge is 1.00 e. The lowest BCUT2D eigenvalue weighted by Gasteiger charge is -2.33. The quantitative estimate of drug-likeness (QED) is 0.466. The molecule has 1 aliphatic rings. The Bertz CT molecular complexity index is 383. The lowest BCUT2D eigenvalue weighted by atomic mass is 10.3. The van der Waals surface area contributed by atoms with E-state index in [1.807, 2.05) is 18.2 Å². The summed E-state index contributed by atoms with van der Waals surface area (Å²) in [5, 5.41) is 9.19. The van der Waals surface area contributed by atoms with E-state index >= 15 is 0 Å². The third-order valence-electron chi connectivity index (χ3n) is 3.75. The fraction of sp³-hybridized carbons (Fsp3) is 0.571. The number of ether oxygens (including phenoxy) is 1. The highest BCUT2D eigenvalue weighted by Crippen LogP contribution is 2.21. The number of hydrogen-bond donors (Lipinski definition) is 1. The first-order chi connectivity index (χ1) is 8.76. The summed E-state index contributed by atoms with van der Waals surface area (Å²) in [5.41, 5.74) is 0. The van der Waals surface area contributed by atoms with E-state index in [-0.39, 0.29) is 23.6 Å². The van der Waals surface area contributed by atoms with Crippen molar-refractivity contribution in [3.63, 3.8) is 0 Å². The van der Waals surface area contributed by atoms with Crippen molar-refractivity contribution < 1.29 is 31.3 Å². The molecule has 0 bridgehead atoms.